The molecule has 1 aliphatic carbocycles. The van der Waals surface area contributed by atoms with Crippen molar-refractivity contribution in [3.05, 3.63) is 0 Å². The average molecular weight is 214 g/mol. The quantitative estimate of drug-likeness (QED) is 0.675. The van der Waals surface area contributed by atoms with Crippen molar-refractivity contribution in [2.45, 2.75) is 44.7 Å². The van der Waals surface area contributed by atoms with Gasteiger partial charge >= 0.3 is 5.97 Å². The van der Waals surface area contributed by atoms with Gasteiger partial charge in [0.15, 0.2) is 0 Å². The summed E-state index contributed by atoms with van der Waals surface area (Å²) in [4.78, 5) is 11.5. The Labute approximate surface area is 91.5 Å². The van der Waals surface area contributed by atoms with Crippen LogP contribution in [-0.2, 0) is 9.53 Å². The lowest BCUT2D eigenvalue weighted by molar-refractivity contribution is -0.147. The van der Waals surface area contributed by atoms with Crippen LogP contribution in [0.4, 0.5) is 0 Å². The molecule has 0 aromatic heterocycles. The minimum absolute atomic E-state index is 0.217. The number of rotatable bonds is 4. The normalized spacial score (nSPS) is 26.7. The van der Waals surface area contributed by atoms with Gasteiger partial charge in [-0.2, -0.15) is 0 Å². The molecular weight excluding hydrogens is 192 g/mol. The third kappa shape index (κ3) is 2.92. The van der Waals surface area contributed by atoms with Crippen LogP contribution in [0.15, 0.2) is 0 Å². The first-order chi connectivity index (χ1) is 7.01. The molecule has 1 rings (SSSR count). The third-order valence-electron chi connectivity index (χ3n) is 3.20. The highest BCUT2D eigenvalue weighted by atomic mass is 16.5. The topological polar surface area (TPSA) is 64.3 Å². The number of hydrogen-bond donors (Lipinski definition) is 2. The predicted molar refractivity (Wildman–Crippen MR) is 59.4 cm³/mol. The van der Waals surface area contributed by atoms with Gasteiger partial charge in [0, 0.05) is 6.04 Å². The Kier molecular flexibility index (Phi) is 4.11. The van der Waals surface area contributed by atoms with E-state index in [1.807, 2.05) is 13.8 Å². The number of nitrogens with two attached hydrogens (primary N) is 1. The zero-order chi connectivity index (χ0) is 11.5. The minimum atomic E-state index is -0.614. The Morgan fingerprint density at radius 3 is 2.73 bits per heavy atom. The third-order valence-corrected chi connectivity index (χ3v) is 3.20. The molecule has 4 heteroatoms. The lowest BCUT2D eigenvalue weighted by atomic mass is 9.98. The van der Waals surface area contributed by atoms with Crippen molar-refractivity contribution in [3.8, 4) is 0 Å². The molecule has 0 spiro atoms. The Balaban J connectivity index is 2.56. The van der Waals surface area contributed by atoms with Gasteiger partial charge in [-0.05, 0) is 39.2 Å². The summed E-state index contributed by atoms with van der Waals surface area (Å²) in [5, 5.41) is 3.35. The fraction of sp³-hybridized carbons (Fsp3) is 0.909. The lowest BCUT2D eigenvalue weighted by Crippen LogP contribution is -2.53. The Morgan fingerprint density at radius 2 is 2.20 bits per heavy atom. The van der Waals surface area contributed by atoms with E-state index < -0.39 is 5.54 Å². The van der Waals surface area contributed by atoms with E-state index in [0.29, 0.717) is 18.5 Å². The van der Waals surface area contributed by atoms with Crippen LogP contribution >= 0.6 is 0 Å². The van der Waals surface area contributed by atoms with Crippen molar-refractivity contribution in [1.29, 1.82) is 0 Å². The van der Waals surface area contributed by atoms with Gasteiger partial charge in [0.05, 0.1) is 7.11 Å². The molecule has 4 nitrogen and oxygen atoms in total. The summed E-state index contributed by atoms with van der Waals surface area (Å²) in [7, 11) is 1.42. The molecule has 1 saturated carbocycles. The van der Waals surface area contributed by atoms with Gasteiger partial charge < -0.3 is 10.5 Å². The molecule has 88 valence electrons. The first kappa shape index (κ1) is 12.5. The number of carbonyl (C=O) groups is 1. The molecule has 15 heavy (non-hydrogen) atoms. The second-order valence-corrected chi connectivity index (χ2v) is 4.79. The smallest absolute Gasteiger partial charge is 0.325 e. The predicted octanol–water partition coefficient (Wildman–Crippen LogP) is 0.655. The monoisotopic (exact) mass is 214 g/mol. The van der Waals surface area contributed by atoms with Crippen LogP contribution in [0.25, 0.3) is 0 Å². The summed E-state index contributed by atoms with van der Waals surface area (Å²) < 4.78 is 4.76. The van der Waals surface area contributed by atoms with E-state index in [0.717, 1.165) is 12.8 Å². The van der Waals surface area contributed by atoms with E-state index in [4.69, 9.17) is 10.5 Å². The van der Waals surface area contributed by atoms with E-state index in [-0.39, 0.29) is 5.97 Å². The van der Waals surface area contributed by atoms with Crippen LogP contribution in [-0.4, -0.2) is 31.2 Å². The van der Waals surface area contributed by atoms with E-state index in [2.05, 4.69) is 5.32 Å². The molecule has 0 bridgehead atoms. The summed E-state index contributed by atoms with van der Waals surface area (Å²) >= 11 is 0. The number of ether oxygens (including phenoxy) is 1. The SMILES string of the molecule is COC(=O)C(C)(C)NC1CCCC1CN. The first-order valence-electron chi connectivity index (χ1n) is 5.57. The van der Waals surface area contributed by atoms with Crippen molar-refractivity contribution in [1.82, 2.24) is 5.32 Å². The summed E-state index contributed by atoms with van der Waals surface area (Å²) in [5.74, 6) is 0.277. The molecule has 2 atom stereocenters. The highest BCUT2D eigenvalue weighted by molar-refractivity contribution is 5.79. The van der Waals surface area contributed by atoms with Gasteiger partial charge in [-0.25, -0.2) is 0 Å². The van der Waals surface area contributed by atoms with E-state index in [1.165, 1.54) is 13.5 Å². The zero-order valence-electron chi connectivity index (χ0n) is 9.88. The Morgan fingerprint density at radius 1 is 1.53 bits per heavy atom. The maximum Gasteiger partial charge on any atom is 0.325 e. The van der Waals surface area contributed by atoms with Gasteiger partial charge in [0.2, 0.25) is 0 Å². The van der Waals surface area contributed by atoms with Crippen LogP contribution in [0.5, 0.6) is 0 Å². The highest BCUT2D eigenvalue weighted by Gasteiger charge is 2.35. The van der Waals surface area contributed by atoms with Gasteiger partial charge in [0.25, 0.3) is 0 Å². The van der Waals surface area contributed by atoms with Crippen LogP contribution in [0.2, 0.25) is 0 Å². The van der Waals surface area contributed by atoms with Crippen molar-refractivity contribution in [3.63, 3.8) is 0 Å². The molecule has 1 aliphatic rings. The first-order valence-corrected chi connectivity index (χ1v) is 5.57. The van der Waals surface area contributed by atoms with Crippen molar-refractivity contribution in [2.75, 3.05) is 13.7 Å². The minimum Gasteiger partial charge on any atom is -0.468 e. The van der Waals surface area contributed by atoms with Gasteiger partial charge in [-0.1, -0.05) is 6.42 Å². The molecule has 0 heterocycles. The number of carbonyl (C=O) groups excluding carboxylic acids is 1. The summed E-state index contributed by atoms with van der Waals surface area (Å²) in [6.07, 6.45) is 3.45. The van der Waals surface area contributed by atoms with Crippen LogP contribution in [0.3, 0.4) is 0 Å². The number of nitrogens with one attached hydrogen (secondary N) is 1. The lowest BCUT2D eigenvalue weighted by Gasteiger charge is -2.30. The second-order valence-electron chi connectivity index (χ2n) is 4.79. The van der Waals surface area contributed by atoms with Crippen molar-refractivity contribution in [2.24, 2.45) is 11.7 Å². The fourth-order valence-corrected chi connectivity index (χ4v) is 2.29. The van der Waals surface area contributed by atoms with E-state index in [9.17, 15) is 4.79 Å². The molecule has 3 N–H and O–H groups in total. The van der Waals surface area contributed by atoms with Crippen LogP contribution in [0.1, 0.15) is 33.1 Å². The largest absolute Gasteiger partial charge is 0.468 e. The van der Waals surface area contributed by atoms with Gasteiger partial charge in [-0.3, -0.25) is 10.1 Å². The molecule has 0 aliphatic heterocycles. The van der Waals surface area contributed by atoms with Crippen molar-refractivity contribution >= 4 is 5.97 Å². The molecule has 0 aromatic carbocycles. The molecule has 0 aromatic rings. The standard InChI is InChI=1S/C11H22N2O2/c1-11(2,10(14)15-3)13-9-6-4-5-8(9)7-12/h8-9,13H,4-7,12H2,1-3H3. The average Bonchev–Trinajstić information content (AvgIpc) is 2.63. The Hall–Kier alpha value is -0.610. The molecule has 0 amide bonds. The zero-order valence-corrected chi connectivity index (χ0v) is 9.88. The molecule has 2 unspecified atom stereocenters. The van der Waals surface area contributed by atoms with Crippen LogP contribution in [0, 0.1) is 5.92 Å². The Bertz CT molecular complexity index is 229. The summed E-state index contributed by atoms with van der Waals surface area (Å²) in [6, 6.07) is 0.351. The number of hydrogen-bond acceptors (Lipinski definition) is 4. The highest BCUT2D eigenvalue weighted by Crippen LogP contribution is 2.26. The molecule has 0 saturated heterocycles. The molecular formula is C11H22N2O2. The number of esters is 1. The second kappa shape index (κ2) is 4.94. The summed E-state index contributed by atoms with van der Waals surface area (Å²) in [6.45, 7) is 4.39. The molecule has 1 fully saturated rings. The fourth-order valence-electron chi connectivity index (χ4n) is 2.29. The number of methoxy groups -OCH3 is 1. The maximum absolute atomic E-state index is 11.5. The maximum atomic E-state index is 11.5. The van der Waals surface area contributed by atoms with E-state index in [1.54, 1.807) is 0 Å². The summed E-state index contributed by atoms with van der Waals surface area (Å²) in [5.41, 5.74) is 5.08. The van der Waals surface area contributed by atoms with Gasteiger partial charge in [0.1, 0.15) is 5.54 Å². The van der Waals surface area contributed by atoms with Crippen LogP contribution < -0.4 is 11.1 Å². The molecule has 0 radical (unpaired) electrons. The van der Waals surface area contributed by atoms with E-state index >= 15 is 0 Å². The van der Waals surface area contributed by atoms with Gasteiger partial charge in [-0.15, -0.1) is 0 Å². The van der Waals surface area contributed by atoms with Crippen molar-refractivity contribution < 1.29 is 9.53 Å².